The lowest BCUT2D eigenvalue weighted by Gasteiger charge is -2.31. The molecule has 2 aliphatic carbocycles. The number of aromatic nitrogens is 1. The zero-order valence-electron chi connectivity index (χ0n) is 15.1. The van der Waals surface area contributed by atoms with Gasteiger partial charge in [0.2, 0.25) is 11.8 Å². The maximum absolute atomic E-state index is 12.9. The topological polar surface area (TPSA) is 62.3 Å². The van der Waals surface area contributed by atoms with Crippen LogP contribution in [0.15, 0.2) is 5.38 Å². The SMILES string of the molecule is Cc1csc(NC(=O)CN(CC2CCCCC2)C(=O)C2CCCC2)n1. The van der Waals surface area contributed by atoms with E-state index >= 15 is 0 Å². The van der Waals surface area contributed by atoms with E-state index in [0.717, 1.165) is 37.9 Å². The molecule has 2 amide bonds. The fourth-order valence-electron chi connectivity index (χ4n) is 4.09. The number of nitrogens with one attached hydrogen (secondary N) is 1. The predicted molar refractivity (Wildman–Crippen MR) is 101 cm³/mol. The van der Waals surface area contributed by atoms with Crippen LogP contribution < -0.4 is 5.32 Å². The molecule has 2 saturated carbocycles. The van der Waals surface area contributed by atoms with Gasteiger partial charge in [-0.05, 0) is 38.5 Å². The van der Waals surface area contributed by atoms with Crippen LogP contribution in [-0.2, 0) is 9.59 Å². The maximum atomic E-state index is 12.9. The Morgan fingerprint density at radius 2 is 1.84 bits per heavy atom. The molecule has 0 unspecified atom stereocenters. The molecule has 3 rings (SSSR count). The van der Waals surface area contributed by atoms with E-state index in [1.165, 1.54) is 43.4 Å². The van der Waals surface area contributed by atoms with Gasteiger partial charge in [0.1, 0.15) is 0 Å². The molecule has 1 N–H and O–H groups in total. The quantitative estimate of drug-likeness (QED) is 0.831. The number of hydrogen-bond acceptors (Lipinski definition) is 4. The van der Waals surface area contributed by atoms with Crippen molar-refractivity contribution in [2.24, 2.45) is 11.8 Å². The molecule has 0 aliphatic heterocycles. The molecule has 2 aliphatic rings. The Balaban J connectivity index is 1.61. The van der Waals surface area contributed by atoms with Crippen molar-refractivity contribution in [3.05, 3.63) is 11.1 Å². The van der Waals surface area contributed by atoms with E-state index in [-0.39, 0.29) is 24.3 Å². The number of nitrogens with zero attached hydrogens (tertiary/aromatic N) is 2. The van der Waals surface area contributed by atoms with Crippen LogP contribution in [-0.4, -0.2) is 34.8 Å². The van der Waals surface area contributed by atoms with Crippen molar-refractivity contribution in [1.82, 2.24) is 9.88 Å². The minimum Gasteiger partial charge on any atom is -0.333 e. The van der Waals surface area contributed by atoms with E-state index in [4.69, 9.17) is 0 Å². The Morgan fingerprint density at radius 1 is 1.16 bits per heavy atom. The van der Waals surface area contributed by atoms with Crippen LogP contribution in [0.5, 0.6) is 0 Å². The fourth-order valence-corrected chi connectivity index (χ4v) is 4.79. The summed E-state index contributed by atoms with van der Waals surface area (Å²) < 4.78 is 0. The summed E-state index contributed by atoms with van der Waals surface area (Å²) in [5.41, 5.74) is 0.904. The van der Waals surface area contributed by atoms with Gasteiger partial charge in [-0.1, -0.05) is 32.1 Å². The highest BCUT2D eigenvalue weighted by Gasteiger charge is 2.30. The summed E-state index contributed by atoms with van der Waals surface area (Å²) in [7, 11) is 0. The van der Waals surface area contributed by atoms with Gasteiger partial charge in [0.15, 0.2) is 5.13 Å². The summed E-state index contributed by atoms with van der Waals surface area (Å²) in [5.74, 6) is 0.734. The highest BCUT2D eigenvalue weighted by atomic mass is 32.1. The molecular weight excluding hydrogens is 334 g/mol. The van der Waals surface area contributed by atoms with E-state index in [1.54, 1.807) is 0 Å². The van der Waals surface area contributed by atoms with E-state index in [0.29, 0.717) is 11.0 Å². The number of hydrogen-bond donors (Lipinski definition) is 1. The molecule has 0 bridgehead atoms. The molecule has 1 aromatic rings. The first-order chi connectivity index (χ1) is 12.1. The van der Waals surface area contributed by atoms with Crippen molar-refractivity contribution in [1.29, 1.82) is 0 Å². The Bertz CT molecular complexity index is 589. The standard InChI is InChI=1S/C19H29N3O2S/c1-14-13-25-19(20-14)21-17(23)12-22(11-15-7-3-2-4-8-15)18(24)16-9-5-6-10-16/h13,15-16H,2-12H2,1H3,(H,20,21,23). The third-order valence-corrected chi connectivity index (χ3v) is 6.29. The Kier molecular flexibility index (Phi) is 6.45. The lowest BCUT2D eigenvalue weighted by atomic mass is 9.88. The monoisotopic (exact) mass is 363 g/mol. The molecule has 0 spiro atoms. The van der Waals surface area contributed by atoms with Gasteiger partial charge < -0.3 is 10.2 Å². The molecule has 0 atom stereocenters. The van der Waals surface area contributed by atoms with Crippen molar-refractivity contribution in [3.63, 3.8) is 0 Å². The number of thiazole rings is 1. The minimum absolute atomic E-state index is 0.124. The molecular formula is C19H29N3O2S. The van der Waals surface area contributed by atoms with Gasteiger partial charge in [0.25, 0.3) is 0 Å². The predicted octanol–water partition coefficient (Wildman–Crippen LogP) is 3.99. The van der Waals surface area contributed by atoms with E-state index in [2.05, 4.69) is 10.3 Å². The molecule has 2 fully saturated rings. The van der Waals surface area contributed by atoms with Crippen LogP contribution in [0.25, 0.3) is 0 Å². The second-order valence-corrected chi connectivity index (χ2v) is 8.40. The zero-order valence-corrected chi connectivity index (χ0v) is 15.9. The van der Waals surface area contributed by atoms with Crippen LogP contribution in [0.2, 0.25) is 0 Å². The molecule has 5 nitrogen and oxygen atoms in total. The van der Waals surface area contributed by atoms with Gasteiger partial charge in [-0.25, -0.2) is 4.98 Å². The lowest BCUT2D eigenvalue weighted by Crippen LogP contribution is -2.43. The molecule has 138 valence electrons. The number of carbonyl (C=O) groups excluding carboxylic acids is 2. The molecule has 0 radical (unpaired) electrons. The van der Waals surface area contributed by atoms with Crippen LogP contribution in [0.3, 0.4) is 0 Å². The number of carbonyl (C=O) groups is 2. The minimum atomic E-state index is -0.128. The fraction of sp³-hybridized carbons (Fsp3) is 0.737. The normalized spacial score (nSPS) is 19.1. The Hall–Kier alpha value is -1.43. The largest absolute Gasteiger partial charge is 0.333 e. The molecule has 0 saturated heterocycles. The number of rotatable bonds is 6. The number of aryl methyl sites for hydroxylation is 1. The van der Waals surface area contributed by atoms with Crippen molar-refractivity contribution >= 4 is 28.3 Å². The smallest absolute Gasteiger partial charge is 0.245 e. The van der Waals surface area contributed by atoms with Gasteiger partial charge in [-0.15, -0.1) is 11.3 Å². The first-order valence-corrected chi connectivity index (χ1v) is 10.5. The van der Waals surface area contributed by atoms with Crippen molar-refractivity contribution in [2.75, 3.05) is 18.4 Å². The van der Waals surface area contributed by atoms with Gasteiger partial charge in [-0.2, -0.15) is 0 Å². The van der Waals surface area contributed by atoms with Gasteiger partial charge in [0.05, 0.1) is 12.2 Å². The third kappa shape index (κ3) is 5.27. The van der Waals surface area contributed by atoms with Crippen LogP contribution in [0, 0.1) is 18.8 Å². The summed E-state index contributed by atoms with van der Waals surface area (Å²) in [6.07, 6.45) is 10.4. The second kappa shape index (κ2) is 8.79. The van der Waals surface area contributed by atoms with Gasteiger partial charge >= 0.3 is 0 Å². The summed E-state index contributed by atoms with van der Waals surface area (Å²) in [4.78, 5) is 31.5. The highest BCUT2D eigenvalue weighted by molar-refractivity contribution is 7.13. The van der Waals surface area contributed by atoms with Crippen molar-refractivity contribution < 1.29 is 9.59 Å². The summed E-state index contributed by atoms with van der Waals surface area (Å²) in [6.45, 7) is 2.80. The molecule has 0 aromatic carbocycles. The van der Waals surface area contributed by atoms with E-state index in [1.807, 2.05) is 17.2 Å². The average Bonchev–Trinajstić information content (AvgIpc) is 3.26. The van der Waals surface area contributed by atoms with E-state index in [9.17, 15) is 9.59 Å². The summed E-state index contributed by atoms with van der Waals surface area (Å²) >= 11 is 1.43. The number of anilines is 1. The third-order valence-electron chi connectivity index (χ3n) is 5.42. The second-order valence-electron chi connectivity index (χ2n) is 7.55. The summed E-state index contributed by atoms with van der Waals surface area (Å²) in [5, 5.41) is 5.39. The van der Waals surface area contributed by atoms with Crippen molar-refractivity contribution in [3.8, 4) is 0 Å². The Labute approximate surface area is 154 Å². The molecule has 1 heterocycles. The van der Waals surface area contributed by atoms with Crippen LogP contribution >= 0.6 is 11.3 Å². The van der Waals surface area contributed by atoms with Crippen LogP contribution in [0.4, 0.5) is 5.13 Å². The molecule has 1 aromatic heterocycles. The highest BCUT2D eigenvalue weighted by Crippen LogP contribution is 2.29. The van der Waals surface area contributed by atoms with Gasteiger partial charge in [-0.3, -0.25) is 9.59 Å². The maximum Gasteiger partial charge on any atom is 0.245 e. The number of amides is 2. The van der Waals surface area contributed by atoms with Crippen molar-refractivity contribution in [2.45, 2.75) is 64.7 Å². The van der Waals surface area contributed by atoms with Crippen LogP contribution in [0.1, 0.15) is 63.5 Å². The zero-order chi connectivity index (χ0) is 17.6. The summed E-state index contributed by atoms with van der Waals surface area (Å²) in [6, 6.07) is 0. The lowest BCUT2D eigenvalue weighted by molar-refractivity contribution is -0.139. The molecule has 25 heavy (non-hydrogen) atoms. The first-order valence-electron chi connectivity index (χ1n) is 9.62. The molecule has 6 heteroatoms. The van der Waals surface area contributed by atoms with Gasteiger partial charge in [0, 0.05) is 17.8 Å². The Morgan fingerprint density at radius 3 is 2.48 bits per heavy atom. The average molecular weight is 364 g/mol. The first kappa shape index (κ1) is 18.4. The van der Waals surface area contributed by atoms with E-state index < -0.39 is 0 Å².